The molecular formula is C20H23N3O4. The summed E-state index contributed by atoms with van der Waals surface area (Å²) in [5.74, 6) is -0.269. The molecule has 0 radical (unpaired) electrons. The van der Waals surface area contributed by atoms with Gasteiger partial charge in [-0.05, 0) is 32.4 Å². The number of amides is 3. The molecule has 7 nitrogen and oxygen atoms in total. The normalized spacial score (nSPS) is 16.5. The van der Waals surface area contributed by atoms with Crippen LogP contribution in [0.15, 0.2) is 34.7 Å². The third kappa shape index (κ3) is 4.36. The van der Waals surface area contributed by atoms with E-state index in [2.05, 4.69) is 10.9 Å². The number of carbonyl (C=O) groups excluding carboxylic acids is 3. The summed E-state index contributed by atoms with van der Waals surface area (Å²) >= 11 is 0. The van der Waals surface area contributed by atoms with Gasteiger partial charge in [0.25, 0.3) is 5.91 Å². The van der Waals surface area contributed by atoms with Gasteiger partial charge < -0.3 is 9.32 Å². The molecule has 0 bridgehead atoms. The number of hydrazine groups is 1. The number of hydrogen-bond acceptors (Lipinski definition) is 4. The second-order valence-corrected chi connectivity index (χ2v) is 6.93. The average Bonchev–Trinajstić information content (AvgIpc) is 3.16. The maximum absolute atomic E-state index is 12.3. The molecule has 3 amide bonds. The first-order valence-electron chi connectivity index (χ1n) is 8.84. The van der Waals surface area contributed by atoms with Gasteiger partial charge in [-0.25, -0.2) is 0 Å². The molecule has 1 aromatic carbocycles. The van der Waals surface area contributed by atoms with Gasteiger partial charge in [0, 0.05) is 19.5 Å². The van der Waals surface area contributed by atoms with Gasteiger partial charge >= 0.3 is 0 Å². The number of carbonyl (C=O) groups is 3. The van der Waals surface area contributed by atoms with Crippen LogP contribution in [-0.2, 0) is 16.1 Å². The molecule has 2 heterocycles. The van der Waals surface area contributed by atoms with E-state index in [-0.39, 0.29) is 18.2 Å². The number of hydrogen-bond donors (Lipinski definition) is 2. The maximum atomic E-state index is 12.3. The predicted molar refractivity (Wildman–Crippen MR) is 98.5 cm³/mol. The standard InChI is InChI=1S/C20H23N3O4/c1-12-4-6-15(7-5-12)10-23-11-16(9-18(23)24)19(25)21-22-20(26)17-8-13(2)27-14(17)3/h4-8,16H,9-11H2,1-3H3,(H,21,25)(H,22,26). The van der Waals surface area contributed by atoms with E-state index in [0.717, 1.165) is 11.1 Å². The van der Waals surface area contributed by atoms with E-state index in [0.29, 0.717) is 30.2 Å². The van der Waals surface area contributed by atoms with Crippen LogP contribution >= 0.6 is 0 Å². The molecule has 0 saturated carbocycles. The van der Waals surface area contributed by atoms with Gasteiger partial charge in [-0.3, -0.25) is 25.2 Å². The Kier molecular flexibility index (Phi) is 5.30. The van der Waals surface area contributed by atoms with E-state index in [9.17, 15) is 14.4 Å². The van der Waals surface area contributed by atoms with Crippen LogP contribution in [0, 0.1) is 26.7 Å². The fourth-order valence-electron chi connectivity index (χ4n) is 3.16. The number of furan rings is 1. The summed E-state index contributed by atoms with van der Waals surface area (Å²) in [6, 6.07) is 9.56. The smallest absolute Gasteiger partial charge is 0.273 e. The summed E-state index contributed by atoms with van der Waals surface area (Å²) in [6.07, 6.45) is 0.136. The number of nitrogens with one attached hydrogen (secondary N) is 2. The van der Waals surface area contributed by atoms with Crippen molar-refractivity contribution in [2.75, 3.05) is 6.54 Å². The van der Waals surface area contributed by atoms with Crippen LogP contribution in [0.5, 0.6) is 0 Å². The molecule has 0 spiro atoms. The Bertz CT molecular complexity index is 870. The lowest BCUT2D eigenvalue weighted by Gasteiger charge is -2.17. The SMILES string of the molecule is Cc1ccc(CN2CC(C(=O)NNC(=O)c3cc(C)oc3C)CC2=O)cc1. The summed E-state index contributed by atoms with van der Waals surface area (Å²) in [5.41, 5.74) is 7.35. The minimum Gasteiger partial charge on any atom is -0.466 e. The first kappa shape index (κ1) is 18.7. The molecule has 1 atom stereocenters. The monoisotopic (exact) mass is 369 g/mol. The Hall–Kier alpha value is -3.09. The second kappa shape index (κ2) is 7.65. The summed E-state index contributed by atoms with van der Waals surface area (Å²) in [6.45, 7) is 6.24. The zero-order chi connectivity index (χ0) is 19.6. The van der Waals surface area contributed by atoms with E-state index in [1.54, 1.807) is 24.8 Å². The molecule has 1 aromatic heterocycles. The number of aryl methyl sites for hydroxylation is 3. The summed E-state index contributed by atoms with van der Waals surface area (Å²) in [7, 11) is 0. The number of nitrogens with zero attached hydrogens (tertiary/aromatic N) is 1. The Morgan fingerprint density at radius 2 is 1.85 bits per heavy atom. The molecule has 7 heteroatoms. The second-order valence-electron chi connectivity index (χ2n) is 6.93. The first-order valence-corrected chi connectivity index (χ1v) is 8.84. The van der Waals surface area contributed by atoms with Crippen molar-refractivity contribution in [1.82, 2.24) is 15.8 Å². The van der Waals surface area contributed by atoms with E-state index >= 15 is 0 Å². The Morgan fingerprint density at radius 1 is 1.15 bits per heavy atom. The van der Waals surface area contributed by atoms with Crippen molar-refractivity contribution >= 4 is 17.7 Å². The lowest BCUT2D eigenvalue weighted by molar-refractivity contribution is -0.129. The van der Waals surface area contributed by atoms with Crippen LogP contribution in [0.4, 0.5) is 0 Å². The highest BCUT2D eigenvalue weighted by atomic mass is 16.3. The summed E-state index contributed by atoms with van der Waals surface area (Å²) < 4.78 is 5.31. The van der Waals surface area contributed by atoms with Crippen molar-refractivity contribution in [1.29, 1.82) is 0 Å². The quantitative estimate of drug-likeness (QED) is 0.807. The summed E-state index contributed by atoms with van der Waals surface area (Å²) in [4.78, 5) is 38.3. The molecule has 0 aliphatic carbocycles. The van der Waals surface area contributed by atoms with Crippen molar-refractivity contribution in [2.24, 2.45) is 5.92 Å². The number of benzene rings is 1. The molecule has 2 N–H and O–H groups in total. The molecule has 1 saturated heterocycles. The van der Waals surface area contributed by atoms with Gasteiger partial charge in [0.15, 0.2) is 0 Å². The molecule has 1 unspecified atom stereocenters. The van der Waals surface area contributed by atoms with E-state index in [1.807, 2.05) is 31.2 Å². The highest BCUT2D eigenvalue weighted by Gasteiger charge is 2.34. The fourth-order valence-corrected chi connectivity index (χ4v) is 3.16. The van der Waals surface area contributed by atoms with Gasteiger partial charge in [-0.15, -0.1) is 0 Å². The van der Waals surface area contributed by atoms with Gasteiger partial charge in [-0.1, -0.05) is 29.8 Å². The summed E-state index contributed by atoms with van der Waals surface area (Å²) in [5, 5.41) is 0. The molecule has 3 rings (SSSR count). The molecular weight excluding hydrogens is 346 g/mol. The van der Waals surface area contributed by atoms with E-state index in [1.165, 1.54) is 0 Å². The lowest BCUT2D eigenvalue weighted by atomic mass is 10.1. The average molecular weight is 369 g/mol. The molecule has 1 aliphatic heterocycles. The van der Waals surface area contributed by atoms with Crippen LogP contribution in [0.1, 0.15) is 39.4 Å². The van der Waals surface area contributed by atoms with Crippen LogP contribution in [0.2, 0.25) is 0 Å². The first-order chi connectivity index (χ1) is 12.8. The van der Waals surface area contributed by atoms with Crippen molar-refractivity contribution in [3.8, 4) is 0 Å². The van der Waals surface area contributed by atoms with Crippen LogP contribution in [-0.4, -0.2) is 29.2 Å². The van der Waals surface area contributed by atoms with Crippen molar-refractivity contribution < 1.29 is 18.8 Å². The third-order valence-electron chi connectivity index (χ3n) is 4.66. The van der Waals surface area contributed by atoms with Crippen molar-refractivity contribution in [3.63, 3.8) is 0 Å². The zero-order valence-electron chi connectivity index (χ0n) is 15.7. The molecule has 27 heavy (non-hydrogen) atoms. The fraction of sp³-hybridized carbons (Fsp3) is 0.350. The highest BCUT2D eigenvalue weighted by molar-refractivity contribution is 5.97. The minimum absolute atomic E-state index is 0.0663. The largest absolute Gasteiger partial charge is 0.466 e. The lowest BCUT2D eigenvalue weighted by Crippen LogP contribution is -2.45. The van der Waals surface area contributed by atoms with Crippen LogP contribution in [0.25, 0.3) is 0 Å². The number of likely N-dealkylation sites (tertiary alicyclic amines) is 1. The Labute approximate surface area is 157 Å². The van der Waals surface area contributed by atoms with Crippen LogP contribution < -0.4 is 10.9 Å². The predicted octanol–water partition coefficient (Wildman–Crippen LogP) is 2.01. The van der Waals surface area contributed by atoms with Gasteiger partial charge in [0.1, 0.15) is 11.5 Å². The number of rotatable bonds is 4. The highest BCUT2D eigenvalue weighted by Crippen LogP contribution is 2.20. The van der Waals surface area contributed by atoms with Crippen LogP contribution in [0.3, 0.4) is 0 Å². The van der Waals surface area contributed by atoms with Crippen molar-refractivity contribution in [2.45, 2.75) is 33.7 Å². The molecule has 142 valence electrons. The Morgan fingerprint density at radius 3 is 2.48 bits per heavy atom. The zero-order valence-corrected chi connectivity index (χ0v) is 15.7. The topological polar surface area (TPSA) is 91.7 Å². The maximum Gasteiger partial charge on any atom is 0.273 e. The third-order valence-corrected chi connectivity index (χ3v) is 4.66. The van der Waals surface area contributed by atoms with Gasteiger partial charge in [0.05, 0.1) is 11.5 Å². The molecule has 1 fully saturated rings. The van der Waals surface area contributed by atoms with Gasteiger partial charge in [0.2, 0.25) is 11.8 Å². The van der Waals surface area contributed by atoms with Gasteiger partial charge in [-0.2, -0.15) is 0 Å². The van der Waals surface area contributed by atoms with Crippen molar-refractivity contribution in [3.05, 3.63) is 58.5 Å². The molecule has 1 aliphatic rings. The molecule has 2 aromatic rings. The minimum atomic E-state index is -0.490. The van der Waals surface area contributed by atoms with E-state index < -0.39 is 11.8 Å². The Balaban J connectivity index is 1.53. The van der Waals surface area contributed by atoms with E-state index in [4.69, 9.17) is 4.42 Å².